The van der Waals surface area contributed by atoms with Crippen molar-refractivity contribution in [3.8, 4) is 0 Å². The molecule has 3 heterocycles. The molecule has 7 heteroatoms. The summed E-state index contributed by atoms with van der Waals surface area (Å²) >= 11 is 0. The minimum Gasteiger partial charge on any atom is -0.422 e. The highest BCUT2D eigenvalue weighted by Crippen LogP contribution is 2.46. The number of carbonyl (C=O) groups excluding carboxylic acids is 1. The molecule has 0 fully saturated rings. The van der Waals surface area contributed by atoms with Gasteiger partial charge in [-0.25, -0.2) is 4.79 Å². The van der Waals surface area contributed by atoms with E-state index in [9.17, 15) is 4.79 Å². The van der Waals surface area contributed by atoms with Crippen molar-refractivity contribution in [2.24, 2.45) is 0 Å². The predicted octanol–water partition coefficient (Wildman–Crippen LogP) is 6.33. The highest BCUT2D eigenvalue weighted by atomic mass is 16.5. The van der Waals surface area contributed by atoms with E-state index in [0.29, 0.717) is 0 Å². The van der Waals surface area contributed by atoms with Crippen LogP contribution in [0.3, 0.4) is 0 Å². The van der Waals surface area contributed by atoms with Crippen LogP contribution < -0.4 is 20.7 Å². The highest BCUT2D eigenvalue weighted by Gasteiger charge is 2.48. The van der Waals surface area contributed by atoms with Crippen LogP contribution in [-0.2, 0) is 9.31 Å². The zero-order chi connectivity index (χ0) is 26.9. The molecule has 0 aliphatic carbocycles. The van der Waals surface area contributed by atoms with Gasteiger partial charge in [-0.2, -0.15) is 0 Å². The number of amides is 2. The quantitative estimate of drug-likeness (QED) is 0.466. The number of carbonyl (C=O) groups is 1. The van der Waals surface area contributed by atoms with Crippen molar-refractivity contribution in [2.45, 2.75) is 94.3 Å². The van der Waals surface area contributed by atoms with Gasteiger partial charge in [0.05, 0.1) is 11.4 Å². The maximum atomic E-state index is 14.2. The summed E-state index contributed by atoms with van der Waals surface area (Å²) in [5.74, 6) is 0. The van der Waals surface area contributed by atoms with Gasteiger partial charge in [0.25, 0.3) is 0 Å². The molecule has 3 aliphatic heterocycles. The second-order valence-corrected chi connectivity index (χ2v) is 11.8. The third-order valence-corrected chi connectivity index (χ3v) is 7.13. The number of urea groups is 1. The van der Waals surface area contributed by atoms with Gasteiger partial charge in [0.2, 0.25) is 0 Å². The molecule has 0 saturated carbocycles. The molecule has 0 saturated heterocycles. The maximum absolute atomic E-state index is 14.2. The van der Waals surface area contributed by atoms with Gasteiger partial charge in [-0.3, -0.25) is 9.80 Å². The zero-order valence-electron chi connectivity index (χ0n) is 24.1. The van der Waals surface area contributed by atoms with Crippen LogP contribution in [-0.4, -0.2) is 31.1 Å². The van der Waals surface area contributed by atoms with Gasteiger partial charge < -0.3 is 9.31 Å². The molecule has 3 aliphatic rings. The number of rotatable bonds is 2. The summed E-state index contributed by atoms with van der Waals surface area (Å²) < 4.78 is 13.1. The van der Waals surface area contributed by atoms with E-state index in [4.69, 9.17) is 9.31 Å². The highest BCUT2D eigenvalue weighted by molar-refractivity contribution is 6.79. The van der Waals surface area contributed by atoms with Gasteiger partial charge in [0, 0.05) is 28.0 Å². The monoisotopic (exact) mass is 486 g/mol. The van der Waals surface area contributed by atoms with Crippen molar-refractivity contribution in [3.63, 3.8) is 0 Å². The topological polar surface area (TPSA) is 42.0 Å². The third-order valence-electron chi connectivity index (χ3n) is 7.13. The van der Waals surface area contributed by atoms with Crippen LogP contribution in [0.4, 0.5) is 16.2 Å². The van der Waals surface area contributed by atoms with Crippen LogP contribution in [0, 0.1) is 0 Å². The van der Waals surface area contributed by atoms with E-state index in [1.165, 1.54) is 0 Å². The van der Waals surface area contributed by atoms with Crippen molar-refractivity contribution in [2.75, 3.05) is 9.80 Å². The zero-order valence-corrected chi connectivity index (χ0v) is 24.1. The molecule has 0 unspecified atom stereocenters. The number of allylic oxidation sites excluding steroid dienone is 4. The fourth-order valence-electron chi connectivity index (χ4n) is 5.44. The minimum absolute atomic E-state index is 0.0363. The molecular weight excluding hydrogens is 446 g/mol. The molecule has 0 spiro atoms. The lowest BCUT2D eigenvalue weighted by atomic mass is 9.49. The molecular formula is C29H40B2N2O3. The first-order chi connectivity index (χ1) is 16.7. The van der Waals surface area contributed by atoms with Crippen molar-refractivity contribution < 1.29 is 14.1 Å². The molecule has 2 aromatic carbocycles. The Balaban J connectivity index is 0.00000148. The Morgan fingerprint density at radius 2 is 1.03 bits per heavy atom. The standard InChI is InChI=1S/C27H34B2N2O3.C2H6/c1-15-17(3)30-23-20(28(15)33-26(5,6)7)13-11-19-12-14-21-24(22(19)23)31(25(30)32)18(4)16(2)29(21)34-27(8,9)10;1-2/h11-14H,1-10H3;1-2H3. The van der Waals surface area contributed by atoms with E-state index in [0.717, 1.165) is 55.4 Å². The largest absolute Gasteiger partial charge is 0.422 e. The van der Waals surface area contributed by atoms with E-state index in [-0.39, 0.29) is 31.1 Å². The lowest BCUT2D eigenvalue weighted by Gasteiger charge is -2.46. The summed E-state index contributed by atoms with van der Waals surface area (Å²) in [6.07, 6.45) is 0. The fourth-order valence-corrected chi connectivity index (χ4v) is 5.44. The number of hydrogen-bond donors (Lipinski definition) is 0. The van der Waals surface area contributed by atoms with E-state index in [1.54, 1.807) is 0 Å². The molecule has 0 atom stereocenters. The Hall–Kier alpha value is -2.50. The second kappa shape index (κ2) is 8.81. The molecule has 36 heavy (non-hydrogen) atoms. The van der Waals surface area contributed by atoms with E-state index in [2.05, 4.69) is 79.7 Å². The van der Waals surface area contributed by atoms with Gasteiger partial charge in [-0.1, -0.05) is 38.1 Å². The third kappa shape index (κ3) is 4.01. The first-order valence-corrected chi connectivity index (χ1v) is 13.2. The summed E-state index contributed by atoms with van der Waals surface area (Å²) in [5.41, 5.74) is 7.37. The molecule has 2 aromatic rings. The Morgan fingerprint density at radius 3 is 1.36 bits per heavy atom. The van der Waals surface area contributed by atoms with Crippen molar-refractivity contribution >= 4 is 52.9 Å². The number of hydrogen-bond acceptors (Lipinski definition) is 3. The van der Waals surface area contributed by atoms with E-state index < -0.39 is 0 Å². The van der Waals surface area contributed by atoms with Crippen LogP contribution in [0.5, 0.6) is 0 Å². The Bertz CT molecular complexity index is 1220. The average Bonchev–Trinajstić information content (AvgIpc) is 2.79. The van der Waals surface area contributed by atoms with Crippen LogP contribution in [0.1, 0.15) is 83.1 Å². The van der Waals surface area contributed by atoms with Crippen LogP contribution >= 0.6 is 0 Å². The van der Waals surface area contributed by atoms with Gasteiger partial charge in [-0.05, 0) is 96.5 Å². The second-order valence-electron chi connectivity index (χ2n) is 11.8. The predicted molar refractivity (Wildman–Crippen MR) is 155 cm³/mol. The lowest BCUT2D eigenvalue weighted by Crippen LogP contribution is -2.58. The van der Waals surface area contributed by atoms with Gasteiger partial charge in [0.15, 0.2) is 0 Å². The van der Waals surface area contributed by atoms with Crippen LogP contribution in [0.2, 0.25) is 0 Å². The van der Waals surface area contributed by atoms with Crippen molar-refractivity contribution in [3.05, 3.63) is 46.6 Å². The summed E-state index contributed by atoms with van der Waals surface area (Å²) in [7, 11) is 0. The SMILES string of the molecule is CC.CC1=C(C)N2C(=O)N3C(C)=C(C)B(OC(C)(C)C)c4ccc5ccc(c2c5c43)B1OC(C)(C)C. The van der Waals surface area contributed by atoms with Crippen molar-refractivity contribution in [1.82, 2.24) is 0 Å². The first kappa shape index (κ1) is 26.6. The minimum atomic E-state index is -0.320. The number of anilines is 2. The Kier molecular flexibility index (Phi) is 6.50. The normalized spacial score (nSPS) is 17.3. The van der Waals surface area contributed by atoms with Gasteiger partial charge >= 0.3 is 19.9 Å². The van der Waals surface area contributed by atoms with Crippen LogP contribution in [0.25, 0.3) is 10.8 Å². The fraction of sp³-hybridized carbons (Fsp3) is 0.483. The van der Waals surface area contributed by atoms with Gasteiger partial charge in [-0.15, -0.1) is 0 Å². The van der Waals surface area contributed by atoms with E-state index in [1.807, 2.05) is 37.5 Å². The molecule has 0 bridgehead atoms. The molecule has 0 aromatic heterocycles. The molecule has 2 amide bonds. The van der Waals surface area contributed by atoms with Crippen molar-refractivity contribution in [1.29, 1.82) is 0 Å². The average molecular weight is 486 g/mol. The Labute approximate surface area is 217 Å². The molecule has 5 nitrogen and oxygen atoms in total. The Morgan fingerprint density at radius 1 is 0.667 bits per heavy atom. The smallest absolute Gasteiger partial charge is 0.361 e. The number of benzene rings is 2. The first-order valence-electron chi connectivity index (χ1n) is 13.2. The summed E-state index contributed by atoms with van der Waals surface area (Å²) in [4.78, 5) is 18.0. The maximum Gasteiger partial charge on any atom is 0.361 e. The summed E-state index contributed by atoms with van der Waals surface area (Å²) in [6, 6.07) is 8.55. The lowest BCUT2D eigenvalue weighted by molar-refractivity contribution is 0.134. The van der Waals surface area contributed by atoms with E-state index >= 15 is 0 Å². The summed E-state index contributed by atoms with van der Waals surface area (Å²) in [6.45, 7) is 24.3. The molecule has 190 valence electrons. The molecule has 0 radical (unpaired) electrons. The summed E-state index contributed by atoms with van der Waals surface area (Å²) in [5, 5.41) is 2.21. The number of nitrogens with zero attached hydrogens (tertiary/aromatic N) is 2. The van der Waals surface area contributed by atoms with Gasteiger partial charge in [0.1, 0.15) is 0 Å². The molecule has 5 rings (SSSR count). The molecule has 0 N–H and O–H groups in total. The van der Waals surface area contributed by atoms with Crippen LogP contribution in [0.15, 0.2) is 46.6 Å².